The van der Waals surface area contributed by atoms with E-state index in [0.29, 0.717) is 18.7 Å². The van der Waals surface area contributed by atoms with Gasteiger partial charge >= 0.3 is 6.09 Å². The lowest BCUT2D eigenvalue weighted by Crippen LogP contribution is -2.50. The summed E-state index contributed by atoms with van der Waals surface area (Å²) >= 11 is 1.51. The van der Waals surface area contributed by atoms with Crippen molar-refractivity contribution >= 4 is 23.8 Å². The molecule has 1 fully saturated rings. The smallest absolute Gasteiger partial charge is 0.407 e. The molecule has 2 rings (SSSR count). The molecule has 1 aromatic carbocycles. The first-order valence-electron chi connectivity index (χ1n) is 7.73. The molecule has 1 aliphatic rings. The van der Waals surface area contributed by atoms with Crippen LogP contribution in [-0.2, 0) is 4.79 Å². The Morgan fingerprint density at radius 1 is 1.42 bits per heavy atom. The van der Waals surface area contributed by atoms with Crippen LogP contribution in [0.4, 0.5) is 13.6 Å². The van der Waals surface area contributed by atoms with Gasteiger partial charge in [0.05, 0.1) is 0 Å². The lowest BCUT2D eigenvalue weighted by atomic mass is 10.1. The molecule has 0 radical (unpaired) electrons. The van der Waals surface area contributed by atoms with Crippen molar-refractivity contribution in [2.24, 2.45) is 0 Å². The fourth-order valence-corrected chi connectivity index (χ4v) is 2.88. The highest BCUT2D eigenvalue weighted by Gasteiger charge is 2.32. The maximum absolute atomic E-state index is 13.7. The summed E-state index contributed by atoms with van der Waals surface area (Å²) in [5, 5.41) is 2.76. The van der Waals surface area contributed by atoms with Crippen molar-refractivity contribution in [3.8, 4) is 5.75 Å². The van der Waals surface area contributed by atoms with Gasteiger partial charge in [0.1, 0.15) is 6.04 Å². The highest BCUT2D eigenvalue weighted by atomic mass is 32.2. The number of ether oxygens (including phenoxy) is 1. The average molecular weight is 358 g/mol. The lowest BCUT2D eigenvalue weighted by molar-refractivity contribution is -0.125. The molecule has 24 heavy (non-hydrogen) atoms. The quantitative estimate of drug-likeness (QED) is 0.879. The van der Waals surface area contributed by atoms with E-state index in [0.717, 1.165) is 18.9 Å². The second-order valence-corrected chi connectivity index (χ2v) is 6.39. The van der Waals surface area contributed by atoms with Gasteiger partial charge in [0.15, 0.2) is 11.6 Å². The van der Waals surface area contributed by atoms with E-state index in [2.05, 4.69) is 5.32 Å². The summed E-state index contributed by atoms with van der Waals surface area (Å²) in [6.45, 7) is 0.855. The Labute approximate surface area is 143 Å². The van der Waals surface area contributed by atoms with E-state index in [1.807, 2.05) is 6.26 Å². The van der Waals surface area contributed by atoms with Gasteiger partial charge in [0, 0.05) is 18.8 Å². The zero-order valence-corrected chi connectivity index (χ0v) is 14.2. The zero-order chi connectivity index (χ0) is 17.5. The van der Waals surface area contributed by atoms with Crippen LogP contribution in [0.2, 0.25) is 0 Å². The highest BCUT2D eigenvalue weighted by Crippen LogP contribution is 2.21. The SMILES string of the molecule is CSCCN(C(=O)Oc1cccc(F)c1F)C1CCCCNC1=O. The molecule has 1 atom stereocenters. The molecule has 5 nitrogen and oxygen atoms in total. The third kappa shape index (κ3) is 4.59. The molecule has 2 amide bonds. The molecule has 1 heterocycles. The van der Waals surface area contributed by atoms with Crippen LogP contribution >= 0.6 is 11.8 Å². The maximum atomic E-state index is 13.7. The molecule has 1 aromatic rings. The number of hydrogen-bond donors (Lipinski definition) is 1. The van der Waals surface area contributed by atoms with Crippen LogP contribution in [0.1, 0.15) is 19.3 Å². The van der Waals surface area contributed by atoms with Gasteiger partial charge in [-0.05, 0) is 37.7 Å². The molecule has 0 spiro atoms. The second kappa shape index (κ2) is 8.86. The summed E-state index contributed by atoms with van der Waals surface area (Å²) in [5.74, 6) is -2.44. The average Bonchev–Trinajstić information content (AvgIpc) is 2.77. The Balaban J connectivity index is 2.17. The number of thioether (sulfide) groups is 1. The Hall–Kier alpha value is -1.83. The molecule has 8 heteroatoms. The van der Waals surface area contributed by atoms with Crippen LogP contribution < -0.4 is 10.1 Å². The van der Waals surface area contributed by atoms with Gasteiger partial charge in [-0.15, -0.1) is 0 Å². The van der Waals surface area contributed by atoms with E-state index >= 15 is 0 Å². The van der Waals surface area contributed by atoms with Crippen molar-refractivity contribution in [2.45, 2.75) is 25.3 Å². The number of benzene rings is 1. The molecular weight excluding hydrogens is 338 g/mol. The first-order valence-corrected chi connectivity index (χ1v) is 9.13. The van der Waals surface area contributed by atoms with E-state index in [1.54, 1.807) is 0 Å². The predicted molar refractivity (Wildman–Crippen MR) is 88.1 cm³/mol. The Morgan fingerprint density at radius 2 is 2.21 bits per heavy atom. The minimum absolute atomic E-state index is 0.245. The standard InChI is InChI=1S/C16H20F2N2O3S/c1-24-10-9-20(12-6-2-3-8-19-15(12)21)16(22)23-13-7-4-5-11(17)14(13)18/h4-5,7,12H,2-3,6,8-10H2,1H3,(H,19,21). The molecule has 132 valence electrons. The summed E-state index contributed by atoms with van der Waals surface area (Å²) in [6, 6.07) is 2.71. The number of nitrogens with one attached hydrogen (secondary N) is 1. The molecule has 0 aliphatic carbocycles. The molecule has 1 N–H and O–H groups in total. The van der Waals surface area contributed by atoms with Crippen molar-refractivity contribution in [2.75, 3.05) is 25.1 Å². The van der Waals surface area contributed by atoms with Gasteiger partial charge in [-0.2, -0.15) is 16.2 Å². The molecule has 0 aromatic heterocycles. The molecule has 1 saturated heterocycles. The molecule has 0 bridgehead atoms. The van der Waals surface area contributed by atoms with Crippen LogP contribution in [-0.4, -0.2) is 48.0 Å². The fourth-order valence-electron chi connectivity index (χ4n) is 2.50. The Bertz CT molecular complexity index is 601. The van der Waals surface area contributed by atoms with E-state index < -0.39 is 29.5 Å². The summed E-state index contributed by atoms with van der Waals surface area (Å²) < 4.78 is 32.0. The monoisotopic (exact) mass is 358 g/mol. The number of halogens is 2. The fraction of sp³-hybridized carbons (Fsp3) is 0.500. The van der Waals surface area contributed by atoms with Crippen molar-refractivity contribution in [3.05, 3.63) is 29.8 Å². The minimum Gasteiger partial charge on any atom is -0.407 e. The lowest BCUT2D eigenvalue weighted by Gasteiger charge is -2.28. The van der Waals surface area contributed by atoms with Crippen molar-refractivity contribution < 1.29 is 23.1 Å². The second-order valence-electron chi connectivity index (χ2n) is 5.41. The number of amides is 2. The normalized spacial score (nSPS) is 17.8. The number of carbonyl (C=O) groups excluding carboxylic acids is 2. The molecular formula is C16H20F2N2O3S. The third-order valence-corrected chi connectivity index (χ3v) is 4.36. The molecule has 0 saturated carbocycles. The Morgan fingerprint density at radius 3 is 2.96 bits per heavy atom. The van der Waals surface area contributed by atoms with Crippen LogP contribution in [0.15, 0.2) is 18.2 Å². The van der Waals surface area contributed by atoms with Gasteiger partial charge in [0.2, 0.25) is 11.7 Å². The van der Waals surface area contributed by atoms with Crippen LogP contribution in [0.5, 0.6) is 5.75 Å². The van der Waals surface area contributed by atoms with E-state index in [1.165, 1.54) is 28.8 Å². The van der Waals surface area contributed by atoms with Gasteiger partial charge in [0.25, 0.3) is 0 Å². The van der Waals surface area contributed by atoms with Crippen LogP contribution in [0.3, 0.4) is 0 Å². The van der Waals surface area contributed by atoms with Crippen molar-refractivity contribution in [1.29, 1.82) is 0 Å². The van der Waals surface area contributed by atoms with E-state index in [9.17, 15) is 18.4 Å². The van der Waals surface area contributed by atoms with E-state index in [-0.39, 0.29) is 12.5 Å². The summed E-state index contributed by atoms with van der Waals surface area (Å²) in [5.41, 5.74) is 0. The Kier molecular flexibility index (Phi) is 6.84. The maximum Gasteiger partial charge on any atom is 0.416 e. The topological polar surface area (TPSA) is 58.6 Å². The molecule has 1 aliphatic heterocycles. The number of hydrogen-bond acceptors (Lipinski definition) is 4. The number of carbonyl (C=O) groups is 2. The summed E-state index contributed by atoms with van der Waals surface area (Å²) in [7, 11) is 0. The minimum atomic E-state index is -1.22. The highest BCUT2D eigenvalue weighted by molar-refractivity contribution is 7.98. The summed E-state index contributed by atoms with van der Waals surface area (Å²) in [6.07, 6.45) is 3.17. The van der Waals surface area contributed by atoms with Gasteiger partial charge < -0.3 is 10.1 Å². The number of nitrogens with zero attached hydrogens (tertiary/aromatic N) is 1. The van der Waals surface area contributed by atoms with Crippen LogP contribution in [0, 0.1) is 11.6 Å². The molecule has 1 unspecified atom stereocenters. The summed E-state index contributed by atoms with van der Waals surface area (Å²) in [4.78, 5) is 26.0. The predicted octanol–water partition coefficient (Wildman–Crippen LogP) is 2.80. The first-order chi connectivity index (χ1) is 11.5. The van der Waals surface area contributed by atoms with Gasteiger partial charge in [-0.25, -0.2) is 9.18 Å². The third-order valence-electron chi connectivity index (χ3n) is 3.77. The van der Waals surface area contributed by atoms with Crippen molar-refractivity contribution in [1.82, 2.24) is 10.2 Å². The number of rotatable bonds is 5. The largest absolute Gasteiger partial charge is 0.416 e. The van der Waals surface area contributed by atoms with Crippen molar-refractivity contribution in [3.63, 3.8) is 0 Å². The van der Waals surface area contributed by atoms with Gasteiger partial charge in [-0.3, -0.25) is 9.69 Å². The first kappa shape index (κ1) is 18.5. The zero-order valence-electron chi connectivity index (χ0n) is 13.4. The van der Waals surface area contributed by atoms with E-state index in [4.69, 9.17) is 4.74 Å². The van der Waals surface area contributed by atoms with Gasteiger partial charge in [-0.1, -0.05) is 6.07 Å². The van der Waals surface area contributed by atoms with Crippen LogP contribution in [0.25, 0.3) is 0 Å².